The van der Waals surface area contributed by atoms with E-state index in [-0.39, 0.29) is 6.04 Å². The van der Waals surface area contributed by atoms with Crippen molar-refractivity contribution in [2.24, 2.45) is 5.73 Å². The molecule has 0 amide bonds. The standard InChI is InChI=1S/C17H21NO/c1-12-5-8-15(9-6-12)19-11-17(18)16-10-13(2)4-7-14(16)3/h4-10,17H,11,18H2,1-3H3. The quantitative estimate of drug-likeness (QED) is 0.904. The first-order chi connectivity index (χ1) is 9.06. The van der Waals surface area contributed by atoms with Gasteiger partial charge in [0.1, 0.15) is 12.4 Å². The van der Waals surface area contributed by atoms with Gasteiger partial charge in [-0.25, -0.2) is 0 Å². The van der Waals surface area contributed by atoms with Gasteiger partial charge in [0.2, 0.25) is 0 Å². The zero-order chi connectivity index (χ0) is 13.8. The Labute approximate surface area is 115 Å². The fraction of sp³-hybridized carbons (Fsp3) is 0.294. The molecule has 100 valence electrons. The van der Waals surface area contributed by atoms with Crippen molar-refractivity contribution in [3.63, 3.8) is 0 Å². The summed E-state index contributed by atoms with van der Waals surface area (Å²) in [4.78, 5) is 0. The van der Waals surface area contributed by atoms with Gasteiger partial charge in [0.05, 0.1) is 6.04 Å². The molecule has 0 saturated heterocycles. The van der Waals surface area contributed by atoms with Crippen LogP contribution in [-0.2, 0) is 0 Å². The lowest BCUT2D eigenvalue weighted by Crippen LogP contribution is -2.20. The van der Waals surface area contributed by atoms with E-state index in [4.69, 9.17) is 10.5 Å². The summed E-state index contributed by atoms with van der Waals surface area (Å²) in [7, 11) is 0. The summed E-state index contributed by atoms with van der Waals surface area (Å²) in [6.07, 6.45) is 0. The highest BCUT2D eigenvalue weighted by atomic mass is 16.5. The van der Waals surface area contributed by atoms with Gasteiger partial charge in [-0.15, -0.1) is 0 Å². The van der Waals surface area contributed by atoms with E-state index >= 15 is 0 Å². The van der Waals surface area contributed by atoms with E-state index < -0.39 is 0 Å². The second kappa shape index (κ2) is 5.89. The van der Waals surface area contributed by atoms with Crippen LogP contribution in [0.15, 0.2) is 42.5 Å². The molecular weight excluding hydrogens is 234 g/mol. The van der Waals surface area contributed by atoms with Crippen molar-refractivity contribution in [1.29, 1.82) is 0 Å². The van der Waals surface area contributed by atoms with Crippen LogP contribution in [0, 0.1) is 20.8 Å². The Hall–Kier alpha value is -1.80. The van der Waals surface area contributed by atoms with Gasteiger partial charge in [-0.05, 0) is 44.0 Å². The third-order valence-corrected chi connectivity index (χ3v) is 3.28. The van der Waals surface area contributed by atoms with E-state index in [9.17, 15) is 0 Å². The molecule has 1 atom stereocenters. The Morgan fingerprint density at radius 1 is 0.947 bits per heavy atom. The first kappa shape index (κ1) is 13.6. The van der Waals surface area contributed by atoms with Gasteiger partial charge in [0.15, 0.2) is 0 Å². The first-order valence-electron chi connectivity index (χ1n) is 6.58. The summed E-state index contributed by atoms with van der Waals surface area (Å²) in [5.41, 5.74) is 11.0. The molecule has 2 nitrogen and oxygen atoms in total. The monoisotopic (exact) mass is 255 g/mol. The minimum absolute atomic E-state index is 0.0961. The summed E-state index contributed by atoms with van der Waals surface area (Å²) >= 11 is 0. The number of rotatable bonds is 4. The molecule has 0 heterocycles. The molecule has 0 radical (unpaired) electrons. The van der Waals surface area contributed by atoms with Crippen LogP contribution in [0.5, 0.6) is 5.75 Å². The maximum absolute atomic E-state index is 6.22. The van der Waals surface area contributed by atoms with Crippen LogP contribution in [0.2, 0.25) is 0 Å². The molecule has 0 spiro atoms. The van der Waals surface area contributed by atoms with Gasteiger partial charge >= 0.3 is 0 Å². The normalized spacial score (nSPS) is 12.2. The highest BCUT2D eigenvalue weighted by molar-refractivity contribution is 5.33. The average Bonchev–Trinajstić information content (AvgIpc) is 2.40. The lowest BCUT2D eigenvalue weighted by atomic mass is 10.00. The molecule has 2 rings (SSSR count). The zero-order valence-electron chi connectivity index (χ0n) is 11.8. The molecular formula is C17H21NO. The van der Waals surface area contributed by atoms with Crippen LogP contribution in [0.25, 0.3) is 0 Å². The number of aryl methyl sites for hydroxylation is 3. The molecule has 0 aliphatic carbocycles. The third kappa shape index (κ3) is 3.58. The predicted molar refractivity (Wildman–Crippen MR) is 79.5 cm³/mol. The zero-order valence-corrected chi connectivity index (χ0v) is 11.8. The van der Waals surface area contributed by atoms with Gasteiger partial charge in [-0.2, -0.15) is 0 Å². The second-order valence-electron chi connectivity index (χ2n) is 5.09. The fourth-order valence-electron chi connectivity index (χ4n) is 2.07. The van der Waals surface area contributed by atoms with Crippen LogP contribution < -0.4 is 10.5 Å². The smallest absolute Gasteiger partial charge is 0.119 e. The van der Waals surface area contributed by atoms with Crippen molar-refractivity contribution < 1.29 is 4.74 Å². The summed E-state index contributed by atoms with van der Waals surface area (Å²) < 4.78 is 5.75. The van der Waals surface area contributed by atoms with Gasteiger partial charge in [-0.1, -0.05) is 41.5 Å². The molecule has 1 unspecified atom stereocenters. The molecule has 0 aliphatic heterocycles. The molecule has 2 heteroatoms. The number of hydrogen-bond donors (Lipinski definition) is 1. The maximum atomic E-state index is 6.22. The Morgan fingerprint density at radius 3 is 2.26 bits per heavy atom. The molecule has 0 saturated carbocycles. The lowest BCUT2D eigenvalue weighted by Gasteiger charge is -2.16. The van der Waals surface area contributed by atoms with Crippen LogP contribution in [0.3, 0.4) is 0 Å². The molecule has 2 N–H and O–H groups in total. The van der Waals surface area contributed by atoms with Crippen molar-refractivity contribution in [1.82, 2.24) is 0 Å². The highest BCUT2D eigenvalue weighted by Crippen LogP contribution is 2.19. The van der Waals surface area contributed by atoms with E-state index in [1.54, 1.807) is 0 Å². The number of benzene rings is 2. The van der Waals surface area contributed by atoms with Crippen LogP contribution >= 0.6 is 0 Å². The van der Waals surface area contributed by atoms with E-state index in [0.29, 0.717) is 6.61 Å². The molecule has 0 aliphatic rings. The molecule has 2 aromatic rings. The minimum Gasteiger partial charge on any atom is -0.492 e. The largest absolute Gasteiger partial charge is 0.492 e. The van der Waals surface area contributed by atoms with E-state index in [0.717, 1.165) is 11.3 Å². The molecule has 19 heavy (non-hydrogen) atoms. The van der Waals surface area contributed by atoms with Crippen molar-refractivity contribution >= 4 is 0 Å². The average molecular weight is 255 g/mol. The van der Waals surface area contributed by atoms with Crippen molar-refractivity contribution in [3.8, 4) is 5.75 Å². The van der Waals surface area contributed by atoms with Crippen LogP contribution in [0.1, 0.15) is 28.3 Å². The van der Waals surface area contributed by atoms with Crippen LogP contribution in [-0.4, -0.2) is 6.61 Å². The van der Waals surface area contributed by atoms with E-state index in [1.165, 1.54) is 16.7 Å². The Balaban J connectivity index is 2.03. The predicted octanol–water partition coefficient (Wildman–Crippen LogP) is 3.69. The molecule has 0 fully saturated rings. The van der Waals surface area contributed by atoms with Crippen LogP contribution in [0.4, 0.5) is 0 Å². The number of ether oxygens (including phenoxy) is 1. The summed E-state index contributed by atoms with van der Waals surface area (Å²) in [5, 5.41) is 0. The van der Waals surface area contributed by atoms with E-state index in [1.807, 2.05) is 24.3 Å². The van der Waals surface area contributed by atoms with Gasteiger partial charge in [0.25, 0.3) is 0 Å². The topological polar surface area (TPSA) is 35.2 Å². The molecule has 0 aromatic heterocycles. The number of hydrogen-bond acceptors (Lipinski definition) is 2. The SMILES string of the molecule is Cc1ccc(OCC(N)c2cc(C)ccc2C)cc1. The van der Waals surface area contributed by atoms with Gasteiger partial charge < -0.3 is 10.5 Å². The minimum atomic E-state index is -0.0961. The van der Waals surface area contributed by atoms with Crippen molar-refractivity contribution in [3.05, 3.63) is 64.7 Å². The Kier molecular flexibility index (Phi) is 4.23. The second-order valence-corrected chi connectivity index (χ2v) is 5.09. The first-order valence-corrected chi connectivity index (χ1v) is 6.58. The summed E-state index contributed by atoms with van der Waals surface area (Å²) in [6, 6.07) is 14.3. The molecule has 2 aromatic carbocycles. The van der Waals surface area contributed by atoms with Crippen molar-refractivity contribution in [2.75, 3.05) is 6.61 Å². The Bertz CT molecular complexity index is 546. The maximum Gasteiger partial charge on any atom is 0.119 e. The highest BCUT2D eigenvalue weighted by Gasteiger charge is 2.10. The number of nitrogens with two attached hydrogens (primary N) is 1. The van der Waals surface area contributed by atoms with Crippen molar-refractivity contribution in [2.45, 2.75) is 26.8 Å². The summed E-state index contributed by atoms with van der Waals surface area (Å²) in [6.45, 7) is 6.72. The Morgan fingerprint density at radius 2 is 1.58 bits per heavy atom. The lowest BCUT2D eigenvalue weighted by molar-refractivity contribution is 0.290. The van der Waals surface area contributed by atoms with Gasteiger partial charge in [-0.3, -0.25) is 0 Å². The molecule has 0 bridgehead atoms. The van der Waals surface area contributed by atoms with E-state index in [2.05, 4.69) is 39.0 Å². The summed E-state index contributed by atoms with van der Waals surface area (Å²) in [5.74, 6) is 0.867. The van der Waals surface area contributed by atoms with Gasteiger partial charge in [0, 0.05) is 0 Å². The fourth-order valence-corrected chi connectivity index (χ4v) is 2.07. The third-order valence-electron chi connectivity index (χ3n) is 3.28.